The van der Waals surface area contributed by atoms with Crippen LogP contribution in [0.15, 0.2) is 34.7 Å². The smallest absolute Gasteiger partial charge is 0.438 e. The van der Waals surface area contributed by atoms with E-state index in [-0.39, 0.29) is 10.8 Å². The molecule has 138 valence electrons. The number of hydrogen-bond donors (Lipinski definition) is 2. The standard InChI is InChI=1S/C15H12F3N3O4S/c1-25-9-4-2-8(3-5-9)10-6-14(24,15(16,17)18)21(20-10)13-19-11(7-26-13)12(22)23/h2-5,7,24H,6H2,1H3,(H,22,23). The zero-order valence-electron chi connectivity index (χ0n) is 13.2. The summed E-state index contributed by atoms with van der Waals surface area (Å²) < 4.78 is 45.6. The van der Waals surface area contributed by atoms with Gasteiger partial charge in [0.1, 0.15) is 5.75 Å². The van der Waals surface area contributed by atoms with Crippen LogP contribution < -0.4 is 9.75 Å². The molecule has 2 N–H and O–H groups in total. The molecule has 1 aromatic carbocycles. The van der Waals surface area contributed by atoms with Crippen LogP contribution in [-0.4, -0.2) is 45.9 Å². The number of aromatic carboxylic acids is 1. The third kappa shape index (κ3) is 2.99. The van der Waals surface area contributed by atoms with Crippen molar-refractivity contribution in [3.63, 3.8) is 0 Å². The number of halogens is 3. The molecule has 3 rings (SSSR count). The van der Waals surface area contributed by atoms with Crippen LogP contribution in [0.1, 0.15) is 22.5 Å². The van der Waals surface area contributed by atoms with Gasteiger partial charge in [-0.3, -0.25) is 0 Å². The van der Waals surface area contributed by atoms with Crippen molar-refractivity contribution in [3.05, 3.63) is 40.9 Å². The fourth-order valence-electron chi connectivity index (χ4n) is 2.37. The second kappa shape index (κ2) is 6.25. The second-order valence-corrected chi connectivity index (χ2v) is 6.24. The topological polar surface area (TPSA) is 95.2 Å². The van der Waals surface area contributed by atoms with Crippen LogP contribution in [0.4, 0.5) is 18.3 Å². The third-order valence-electron chi connectivity index (χ3n) is 3.75. The van der Waals surface area contributed by atoms with Gasteiger partial charge in [-0.05, 0) is 29.8 Å². The van der Waals surface area contributed by atoms with Gasteiger partial charge in [0, 0.05) is 5.38 Å². The largest absolute Gasteiger partial charge is 0.497 e. The van der Waals surface area contributed by atoms with Crippen LogP contribution in [0.2, 0.25) is 0 Å². The fourth-order valence-corrected chi connectivity index (χ4v) is 3.18. The number of anilines is 1. The van der Waals surface area contributed by atoms with Crippen molar-refractivity contribution in [1.82, 2.24) is 4.98 Å². The summed E-state index contributed by atoms with van der Waals surface area (Å²) in [5, 5.41) is 24.1. The van der Waals surface area contributed by atoms with E-state index >= 15 is 0 Å². The van der Waals surface area contributed by atoms with E-state index in [1.807, 2.05) is 0 Å². The van der Waals surface area contributed by atoms with Crippen molar-refractivity contribution in [3.8, 4) is 5.75 Å². The lowest BCUT2D eigenvalue weighted by Gasteiger charge is -2.32. The summed E-state index contributed by atoms with van der Waals surface area (Å²) >= 11 is 0.644. The molecule has 1 unspecified atom stereocenters. The minimum absolute atomic E-state index is 0.0143. The summed E-state index contributed by atoms with van der Waals surface area (Å²) in [6.45, 7) is 0. The molecule has 0 amide bonds. The van der Waals surface area contributed by atoms with E-state index in [9.17, 15) is 23.1 Å². The molecule has 0 bridgehead atoms. The molecule has 1 aliphatic heterocycles. The first-order valence-corrected chi connectivity index (χ1v) is 8.04. The van der Waals surface area contributed by atoms with Crippen molar-refractivity contribution in [1.29, 1.82) is 0 Å². The Morgan fingerprint density at radius 2 is 2.00 bits per heavy atom. The maximum absolute atomic E-state index is 13.5. The molecular formula is C15H12F3N3O4S. The summed E-state index contributed by atoms with van der Waals surface area (Å²) in [5.41, 5.74) is -3.40. The minimum atomic E-state index is -5.04. The zero-order chi connectivity index (χ0) is 19.1. The summed E-state index contributed by atoms with van der Waals surface area (Å²) in [6, 6.07) is 6.14. The summed E-state index contributed by atoms with van der Waals surface area (Å²) in [7, 11) is 1.45. The molecule has 0 saturated carbocycles. The number of aliphatic hydroxyl groups is 1. The molecule has 1 atom stereocenters. The molecule has 0 spiro atoms. The first-order valence-electron chi connectivity index (χ1n) is 7.16. The lowest BCUT2D eigenvalue weighted by molar-refractivity contribution is -0.254. The van der Waals surface area contributed by atoms with Gasteiger partial charge in [0.15, 0.2) is 5.69 Å². The number of ether oxygens (including phenoxy) is 1. The van der Waals surface area contributed by atoms with E-state index in [2.05, 4.69) is 10.1 Å². The Balaban J connectivity index is 2.03. The number of methoxy groups -OCH3 is 1. The highest BCUT2D eigenvalue weighted by molar-refractivity contribution is 7.14. The first-order chi connectivity index (χ1) is 12.2. The number of rotatable bonds is 4. The Morgan fingerprint density at radius 1 is 1.35 bits per heavy atom. The van der Waals surface area contributed by atoms with E-state index in [0.717, 1.165) is 5.38 Å². The molecule has 1 aliphatic rings. The van der Waals surface area contributed by atoms with Gasteiger partial charge >= 0.3 is 12.1 Å². The number of hydrogen-bond acceptors (Lipinski definition) is 7. The van der Waals surface area contributed by atoms with Crippen molar-refractivity contribution in [2.75, 3.05) is 12.1 Å². The molecule has 0 fully saturated rings. The Morgan fingerprint density at radius 3 is 2.50 bits per heavy atom. The van der Waals surface area contributed by atoms with E-state index in [4.69, 9.17) is 9.84 Å². The fraction of sp³-hybridized carbons (Fsp3) is 0.267. The Hall–Kier alpha value is -2.66. The molecule has 26 heavy (non-hydrogen) atoms. The number of carbonyl (C=O) groups is 1. The first kappa shape index (κ1) is 18.1. The number of carboxylic acid groups (broad SMARTS) is 1. The molecule has 7 nitrogen and oxygen atoms in total. The number of hydrazone groups is 1. The van der Waals surface area contributed by atoms with Crippen LogP contribution in [-0.2, 0) is 0 Å². The molecule has 0 saturated heterocycles. The number of alkyl halides is 3. The minimum Gasteiger partial charge on any atom is -0.497 e. The van der Waals surface area contributed by atoms with Gasteiger partial charge in [-0.2, -0.15) is 23.3 Å². The average molecular weight is 387 g/mol. The van der Waals surface area contributed by atoms with Gasteiger partial charge in [0.05, 0.1) is 19.2 Å². The SMILES string of the molecule is COc1ccc(C2=NN(c3nc(C(=O)O)cs3)C(O)(C(F)(F)F)C2)cc1. The van der Waals surface area contributed by atoms with Crippen molar-refractivity contribution >= 4 is 28.1 Å². The Bertz CT molecular complexity index is 866. The van der Waals surface area contributed by atoms with Crippen LogP contribution in [0.3, 0.4) is 0 Å². The summed E-state index contributed by atoms with van der Waals surface area (Å²) in [5.74, 6) is -0.872. The van der Waals surface area contributed by atoms with Crippen LogP contribution >= 0.6 is 11.3 Å². The second-order valence-electron chi connectivity index (χ2n) is 5.40. The quantitative estimate of drug-likeness (QED) is 0.838. The lowest BCUT2D eigenvalue weighted by Crippen LogP contribution is -2.55. The Labute approximate surface area is 149 Å². The normalized spacial score (nSPS) is 20.2. The van der Waals surface area contributed by atoms with E-state index in [0.29, 0.717) is 27.7 Å². The highest BCUT2D eigenvalue weighted by Gasteiger charge is 2.62. The van der Waals surface area contributed by atoms with Gasteiger partial charge in [0.2, 0.25) is 5.13 Å². The van der Waals surface area contributed by atoms with Gasteiger partial charge in [-0.1, -0.05) is 0 Å². The molecule has 2 heterocycles. The average Bonchev–Trinajstić information content (AvgIpc) is 3.19. The predicted molar refractivity (Wildman–Crippen MR) is 86.7 cm³/mol. The zero-order valence-corrected chi connectivity index (χ0v) is 14.0. The van der Waals surface area contributed by atoms with Gasteiger partial charge in [0.25, 0.3) is 5.72 Å². The number of nitrogens with zero attached hydrogens (tertiary/aromatic N) is 3. The van der Waals surface area contributed by atoms with E-state index in [1.165, 1.54) is 19.2 Å². The van der Waals surface area contributed by atoms with E-state index < -0.39 is 30.0 Å². The van der Waals surface area contributed by atoms with E-state index in [1.54, 1.807) is 12.1 Å². The Kier molecular flexibility index (Phi) is 4.36. The third-order valence-corrected chi connectivity index (χ3v) is 4.57. The molecule has 11 heteroatoms. The summed E-state index contributed by atoms with van der Waals surface area (Å²) in [6.07, 6.45) is -5.87. The molecular weight excluding hydrogens is 375 g/mol. The molecule has 0 aliphatic carbocycles. The van der Waals surface area contributed by atoms with Gasteiger partial charge < -0.3 is 14.9 Å². The number of benzene rings is 1. The van der Waals surface area contributed by atoms with Crippen molar-refractivity contribution < 1.29 is 32.9 Å². The number of thiazole rings is 1. The lowest BCUT2D eigenvalue weighted by atomic mass is 10.0. The van der Waals surface area contributed by atoms with Crippen LogP contribution in [0.25, 0.3) is 0 Å². The highest BCUT2D eigenvalue weighted by atomic mass is 32.1. The monoisotopic (exact) mass is 387 g/mol. The predicted octanol–water partition coefficient (Wildman–Crippen LogP) is 2.72. The molecule has 1 aromatic heterocycles. The van der Waals surface area contributed by atoms with Gasteiger partial charge in [-0.25, -0.2) is 9.78 Å². The summed E-state index contributed by atoms with van der Waals surface area (Å²) in [4.78, 5) is 14.5. The molecule has 2 aromatic rings. The highest BCUT2D eigenvalue weighted by Crippen LogP contribution is 2.44. The van der Waals surface area contributed by atoms with Gasteiger partial charge in [-0.15, -0.1) is 11.3 Å². The number of aromatic nitrogens is 1. The van der Waals surface area contributed by atoms with Crippen LogP contribution in [0.5, 0.6) is 5.75 Å². The number of carboxylic acids is 1. The maximum atomic E-state index is 13.5. The maximum Gasteiger partial charge on any atom is 0.438 e. The molecule has 0 radical (unpaired) electrons. The van der Waals surface area contributed by atoms with Crippen LogP contribution in [0, 0.1) is 0 Å². The van der Waals surface area contributed by atoms with Crippen molar-refractivity contribution in [2.45, 2.75) is 18.3 Å². The van der Waals surface area contributed by atoms with Crippen molar-refractivity contribution in [2.24, 2.45) is 5.10 Å².